The van der Waals surface area contributed by atoms with Crippen molar-refractivity contribution in [1.29, 1.82) is 0 Å². The zero-order valence-electron chi connectivity index (χ0n) is 8.27. The van der Waals surface area contributed by atoms with E-state index in [1.165, 1.54) is 0 Å². The molecule has 0 spiro atoms. The molecule has 0 amide bonds. The Morgan fingerprint density at radius 2 is 1.94 bits per heavy atom. The van der Waals surface area contributed by atoms with E-state index in [4.69, 9.17) is 40.6 Å². The van der Waals surface area contributed by atoms with Crippen molar-refractivity contribution in [2.75, 3.05) is 0 Å². The van der Waals surface area contributed by atoms with Crippen molar-refractivity contribution in [2.45, 2.75) is 4.33 Å². The Morgan fingerprint density at radius 1 is 1.35 bits per heavy atom. The molecule has 0 saturated heterocycles. The van der Waals surface area contributed by atoms with Crippen LogP contribution in [-0.4, -0.2) is 19.5 Å². The van der Waals surface area contributed by atoms with Crippen molar-refractivity contribution >= 4 is 56.2 Å². The van der Waals surface area contributed by atoms with Crippen LogP contribution in [0.5, 0.6) is 0 Å². The van der Waals surface area contributed by atoms with Gasteiger partial charge in [-0.2, -0.15) is 13.5 Å². The van der Waals surface area contributed by atoms with E-state index in [1.54, 1.807) is 24.3 Å². The van der Waals surface area contributed by atoms with Gasteiger partial charge in [-0.3, -0.25) is 0 Å². The molecule has 0 aliphatic rings. The first-order valence-corrected chi connectivity index (χ1v) is 6.51. The summed E-state index contributed by atoms with van der Waals surface area (Å²) in [4.78, 5) is 0. The van der Waals surface area contributed by atoms with Gasteiger partial charge in [-0.05, 0) is 6.07 Å². The Labute approximate surface area is 115 Å². The zero-order valence-corrected chi connectivity index (χ0v) is 11.4. The van der Waals surface area contributed by atoms with Gasteiger partial charge in [-0.1, -0.05) is 53.0 Å². The molecule has 1 aromatic rings. The number of nitrogens with zero attached hydrogens (tertiary/aromatic N) is 1. The average molecular weight is 314 g/mol. The fourth-order valence-corrected chi connectivity index (χ4v) is 2.59. The van der Waals surface area contributed by atoms with Crippen LogP contribution in [0, 0.1) is 0 Å². The predicted octanol–water partition coefficient (Wildman–Crippen LogP) is 1.97. The smallest absolute Gasteiger partial charge is 0.216 e. The normalized spacial score (nSPS) is 12.3. The Bertz CT molecular complexity index is 574. The van der Waals surface area contributed by atoms with Crippen molar-refractivity contribution in [2.24, 2.45) is 10.9 Å². The number of hydrazone groups is 1. The highest BCUT2D eigenvalue weighted by atomic mass is 35.5. The van der Waals surface area contributed by atoms with Crippen molar-refractivity contribution in [3.8, 4) is 0 Å². The van der Waals surface area contributed by atoms with Crippen LogP contribution in [0.2, 0.25) is 5.02 Å². The minimum Gasteiger partial charge on any atom is -0.323 e. The highest BCUT2D eigenvalue weighted by Crippen LogP contribution is 2.38. The summed E-state index contributed by atoms with van der Waals surface area (Å²) < 4.78 is 19.4. The molecule has 0 bridgehead atoms. The fourth-order valence-electron chi connectivity index (χ4n) is 1.13. The first-order chi connectivity index (χ1) is 7.89. The number of halogens is 3. The largest absolute Gasteiger partial charge is 0.323 e. The van der Waals surface area contributed by atoms with Gasteiger partial charge >= 0.3 is 0 Å². The maximum atomic E-state index is 10.6. The molecular formula is C9H7Cl3N2O2S. The molecule has 0 heterocycles. The molecule has 0 saturated carbocycles. The minimum absolute atomic E-state index is 0.220. The van der Waals surface area contributed by atoms with E-state index < -0.39 is 14.6 Å². The van der Waals surface area contributed by atoms with E-state index in [0.29, 0.717) is 5.56 Å². The van der Waals surface area contributed by atoms with Gasteiger partial charge in [0.05, 0.1) is 5.37 Å². The third-order valence-corrected chi connectivity index (χ3v) is 3.42. The van der Waals surface area contributed by atoms with Gasteiger partial charge in [-0.15, -0.1) is 0 Å². The van der Waals surface area contributed by atoms with E-state index in [2.05, 4.69) is 5.10 Å². The molecular weight excluding hydrogens is 307 g/mol. The van der Waals surface area contributed by atoms with E-state index in [9.17, 15) is 8.42 Å². The fraction of sp³-hybridized carbons (Fsp3) is 0.111. The molecule has 0 aliphatic heterocycles. The minimum atomic E-state index is -2.52. The van der Waals surface area contributed by atoms with Gasteiger partial charge in [0.2, 0.25) is 10.3 Å². The van der Waals surface area contributed by atoms with Crippen LogP contribution in [0.3, 0.4) is 0 Å². The van der Waals surface area contributed by atoms with Gasteiger partial charge in [0, 0.05) is 10.6 Å². The summed E-state index contributed by atoms with van der Waals surface area (Å²) in [7, 11) is -2.52. The number of nitrogens with two attached hydrogens (primary N) is 1. The first kappa shape index (κ1) is 14.3. The molecule has 0 radical (unpaired) electrons. The summed E-state index contributed by atoms with van der Waals surface area (Å²) >= 11 is 18.0. The molecule has 0 aromatic heterocycles. The second-order valence-electron chi connectivity index (χ2n) is 2.95. The number of hydrogen-bond donors (Lipinski definition) is 1. The third kappa shape index (κ3) is 3.35. The topological polar surface area (TPSA) is 72.5 Å². The van der Waals surface area contributed by atoms with Crippen LogP contribution >= 0.6 is 34.8 Å². The van der Waals surface area contributed by atoms with Gasteiger partial charge in [0.25, 0.3) is 0 Å². The van der Waals surface area contributed by atoms with Crippen LogP contribution in [0.15, 0.2) is 29.4 Å². The van der Waals surface area contributed by atoms with Crippen molar-refractivity contribution in [1.82, 2.24) is 0 Å². The highest BCUT2D eigenvalue weighted by molar-refractivity contribution is 7.73. The monoisotopic (exact) mass is 312 g/mol. The van der Waals surface area contributed by atoms with Crippen LogP contribution in [-0.2, 0) is 14.6 Å². The molecule has 4 nitrogen and oxygen atoms in total. The van der Waals surface area contributed by atoms with E-state index in [1.807, 2.05) is 0 Å². The van der Waals surface area contributed by atoms with Crippen LogP contribution < -0.4 is 5.84 Å². The molecule has 1 aromatic carbocycles. The maximum absolute atomic E-state index is 10.6. The van der Waals surface area contributed by atoms with Crippen LogP contribution in [0.1, 0.15) is 5.56 Å². The summed E-state index contributed by atoms with van der Waals surface area (Å²) in [6, 6.07) is 6.46. The maximum Gasteiger partial charge on any atom is 0.216 e. The van der Waals surface area contributed by atoms with Gasteiger partial charge < -0.3 is 5.84 Å². The molecule has 0 atom stereocenters. The lowest BCUT2D eigenvalue weighted by Crippen LogP contribution is -2.27. The van der Waals surface area contributed by atoms with Gasteiger partial charge in [0.15, 0.2) is 4.33 Å². The summed E-state index contributed by atoms with van der Waals surface area (Å²) in [6.07, 6.45) is 0. The molecule has 92 valence electrons. The summed E-state index contributed by atoms with van der Waals surface area (Å²) in [6.45, 7) is 0. The standard InChI is InChI=1S/C9H7Cl3N2O2S/c10-7-4-2-1-3-6(7)9(11,12)8(14-13)5-17(15)16/h1-5H,13H2. The first-order valence-electron chi connectivity index (χ1n) is 4.23. The Balaban J connectivity index is 3.37. The molecule has 0 unspecified atom stereocenters. The lowest BCUT2D eigenvalue weighted by molar-refractivity contribution is 0.627. The second kappa shape index (κ2) is 5.73. The zero-order chi connectivity index (χ0) is 13.1. The number of alkyl halides is 2. The lowest BCUT2D eigenvalue weighted by Gasteiger charge is -2.19. The number of rotatable bonds is 3. The lowest BCUT2D eigenvalue weighted by atomic mass is 10.1. The number of benzene rings is 1. The Kier molecular flexibility index (Phi) is 4.82. The van der Waals surface area contributed by atoms with E-state index in [0.717, 1.165) is 5.37 Å². The SMILES string of the molecule is NN=C(C=S(=O)=O)C(Cl)(Cl)c1ccccc1Cl. The van der Waals surface area contributed by atoms with Crippen molar-refractivity contribution in [3.63, 3.8) is 0 Å². The summed E-state index contributed by atoms with van der Waals surface area (Å²) in [5.41, 5.74) is 0.0816. The molecule has 8 heteroatoms. The number of hydrogen-bond acceptors (Lipinski definition) is 4. The van der Waals surface area contributed by atoms with Crippen LogP contribution in [0.25, 0.3) is 0 Å². The third-order valence-electron chi connectivity index (χ3n) is 1.88. The highest BCUT2D eigenvalue weighted by Gasteiger charge is 2.34. The molecule has 1 rings (SSSR count). The van der Waals surface area contributed by atoms with Crippen molar-refractivity contribution < 1.29 is 8.42 Å². The quantitative estimate of drug-likeness (QED) is 0.305. The van der Waals surface area contributed by atoms with E-state index >= 15 is 0 Å². The van der Waals surface area contributed by atoms with E-state index in [-0.39, 0.29) is 10.7 Å². The molecule has 0 aliphatic carbocycles. The molecule has 0 fully saturated rings. The Morgan fingerprint density at radius 3 is 2.41 bits per heavy atom. The molecule has 2 N–H and O–H groups in total. The van der Waals surface area contributed by atoms with Crippen molar-refractivity contribution in [3.05, 3.63) is 34.9 Å². The van der Waals surface area contributed by atoms with Gasteiger partial charge in [0.1, 0.15) is 5.71 Å². The second-order valence-corrected chi connectivity index (χ2v) is 5.44. The summed E-state index contributed by atoms with van der Waals surface area (Å²) in [5, 5.41) is 4.27. The van der Waals surface area contributed by atoms with Crippen LogP contribution in [0.4, 0.5) is 0 Å². The predicted molar refractivity (Wildman–Crippen MR) is 71.4 cm³/mol. The molecule has 17 heavy (non-hydrogen) atoms. The van der Waals surface area contributed by atoms with Gasteiger partial charge in [-0.25, -0.2) is 0 Å². The average Bonchev–Trinajstić information content (AvgIpc) is 2.25. The summed E-state index contributed by atoms with van der Waals surface area (Å²) in [5.74, 6) is 5.07. The Hall–Kier alpha value is -0.750.